The first-order valence-electron chi connectivity index (χ1n) is 27.0. The first-order valence-corrected chi connectivity index (χ1v) is 29.8. The van der Waals surface area contributed by atoms with Crippen molar-refractivity contribution in [1.29, 1.82) is 0 Å². The molecule has 4 aliphatic rings. The molecule has 16 bridgehead atoms. The van der Waals surface area contributed by atoms with Crippen LogP contribution in [0.15, 0.2) is 192 Å². The van der Waals surface area contributed by atoms with Crippen LogP contribution in [-0.2, 0) is 54.4 Å². The zero-order valence-corrected chi connectivity index (χ0v) is 48.9. The van der Waals surface area contributed by atoms with Gasteiger partial charge in [0.15, 0.2) is 0 Å². The normalized spacial score (nSPS) is 12.1. The molecule has 26 heteroatoms. The number of nitrogens with zero attached hydrogens (tertiary/aromatic N) is 16. The summed E-state index contributed by atoms with van der Waals surface area (Å²) in [6, 6.07) is 53.8. The Balaban J connectivity index is 0.000000161. The smallest absolute Gasteiger partial charge is 0.744 e. The SMILES string of the molecule is O=S(=O)([O-])c1ccc2c3nc4nc(nc5[n-]c(nc6nc(nc([n-]3)c2c1)-c1ccccc1-6)c1ccccc51)-c1ccccc1-4.O=S(=O)([O-])c1cccc2c3nc4nc(nc5[n-]c(nc6nc(nc([n-]3)c12)-c1ccccc1-6)c1ccccc51)-c1ccccc1-4.[Cu+2].[Cu+2].[H+].[H+]. The van der Waals surface area contributed by atoms with Crippen molar-refractivity contribution in [3.05, 3.63) is 182 Å². The number of fused-ring (bicyclic) bond motifs is 40. The molecule has 22 nitrogen and oxygen atoms in total. The molecule has 10 heterocycles. The van der Waals surface area contributed by atoms with Crippen molar-refractivity contribution in [2.45, 2.75) is 9.79 Å². The third-order valence-electron chi connectivity index (χ3n) is 15.4. The molecule has 0 saturated carbocycles. The van der Waals surface area contributed by atoms with E-state index in [4.69, 9.17) is 74.8 Å². The second kappa shape index (κ2) is 21.0. The molecular formula is C64H32Cu2N16O6S2. The van der Waals surface area contributed by atoms with Gasteiger partial charge in [-0.15, -0.1) is 0 Å². The van der Waals surface area contributed by atoms with Gasteiger partial charge in [0.2, 0.25) is 0 Å². The third-order valence-corrected chi connectivity index (χ3v) is 17.1. The predicted molar refractivity (Wildman–Crippen MR) is 326 cm³/mol. The molecule has 4 aliphatic heterocycles. The molecular weight excluding hydrogens is 1280 g/mol. The average molecular weight is 1310 g/mol. The quantitative estimate of drug-likeness (QED) is 0.115. The molecule has 438 valence electrons. The molecule has 0 fully saturated rings. The fourth-order valence-corrected chi connectivity index (χ4v) is 12.6. The van der Waals surface area contributed by atoms with Gasteiger partial charge in [0, 0.05) is 95.1 Å². The van der Waals surface area contributed by atoms with Crippen LogP contribution >= 0.6 is 0 Å². The topological polar surface area (TPSA) is 325 Å². The van der Waals surface area contributed by atoms with Crippen LogP contribution in [0.5, 0.6) is 0 Å². The van der Waals surface area contributed by atoms with Crippen molar-refractivity contribution in [1.82, 2.24) is 79.7 Å². The Morgan fingerprint density at radius 1 is 0.267 bits per heavy atom. The fourth-order valence-electron chi connectivity index (χ4n) is 11.4. The van der Waals surface area contributed by atoms with Crippen LogP contribution in [0.2, 0.25) is 0 Å². The van der Waals surface area contributed by atoms with Crippen molar-refractivity contribution in [3.8, 4) is 91.1 Å². The van der Waals surface area contributed by atoms with Gasteiger partial charge in [-0.3, -0.25) is 0 Å². The van der Waals surface area contributed by atoms with E-state index in [-0.39, 0.29) is 70.8 Å². The second-order valence-corrected chi connectivity index (χ2v) is 23.3. The second-order valence-electron chi connectivity index (χ2n) is 20.5. The van der Waals surface area contributed by atoms with E-state index >= 15 is 0 Å². The first kappa shape index (κ1) is 55.9. The summed E-state index contributed by atoms with van der Waals surface area (Å²) in [5.41, 5.74) is 8.20. The first-order chi connectivity index (χ1) is 42.8. The molecule has 18 rings (SSSR count). The van der Waals surface area contributed by atoms with Crippen molar-refractivity contribution in [3.63, 3.8) is 0 Å². The number of benzene rings is 8. The number of aromatic nitrogens is 16. The molecule has 0 N–H and O–H groups in total. The summed E-state index contributed by atoms with van der Waals surface area (Å²) in [5.74, 6) is 2.90. The Morgan fingerprint density at radius 3 is 0.833 bits per heavy atom. The Labute approximate surface area is 530 Å². The van der Waals surface area contributed by atoms with E-state index in [2.05, 4.69) is 4.98 Å². The monoisotopic (exact) mass is 1310 g/mol. The Morgan fingerprint density at radius 2 is 0.522 bits per heavy atom. The van der Waals surface area contributed by atoms with E-state index in [1.54, 1.807) is 6.07 Å². The summed E-state index contributed by atoms with van der Waals surface area (Å²) in [4.78, 5) is 75.7. The summed E-state index contributed by atoms with van der Waals surface area (Å²) in [6.45, 7) is 0. The number of hydrogen-bond acceptors (Lipinski definition) is 18. The molecule has 0 atom stereocenters. The fraction of sp³-hybridized carbons (Fsp3) is 0. The molecule has 0 aliphatic carbocycles. The van der Waals surface area contributed by atoms with Crippen LogP contribution in [0.3, 0.4) is 0 Å². The van der Waals surface area contributed by atoms with Gasteiger partial charge >= 0.3 is 37.0 Å². The Hall–Kier alpha value is -10.7. The van der Waals surface area contributed by atoms with Crippen LogP contribution in [0, 0.1) is 0 Å². The zero-order chi connectivity index (χ0) is 59.2. The van der Waals surface area contributed by atoms with Gasteiger partial charge < -0.3 is 68.9 Å². The Bertz CT molecular complexity index is 5970. The molecule has 0 spiro atoms. The van der Waals surface area contributed by atoms with Crippen molar-refractivity contribution in [2.24, 2.45) is 0 Å². The van der Waals surface area contributed by atoms with Gasteiger partial charge in [0.1, 0.15) is 20.2 Å². The molecule has 0 unspecified atom stereocenters. The molecule has 0 amide bonds. The molecule has 6 aromatic heterocycles. The van der Waals surface area contributed by atoms with Gasteiger partial charge in [-0.1, -0.05) is 164 Å². The van der Waals surface area contributed by atoms with Gasteiger partial charge in [-0.2, -0.15) is 0 Å². The van der Waals surface area contributed by atoms with Crippen LogP contribution in [0.25, 0.3) is 179 Å². The molecule has 14 aromatic rings. The average Bonchev–Trinajstić information content (AvgIpc) is 1.65. The summed E-state index contributed by atoms with van der Waals surface area (Å²) >= 11 is 0. The zero-order valence-electron chi connectivity index (χ0n) is 47.3. The summed E-state index contributed by atoms with van der Waals surface area (Å²) in [7, 11) is -9.63. The molecule has 0 saturated heterocycles. The van der Waals surface area contributed by atoms with Gasteiger partial charge in [0.25, 0.3) is 0 Å². The predicted octanol–water partition coefficient (Wildman–Crippen LogP) is 10.3. The van der Waals surface area contributed by atoms with Gasteiger partial charge in [0.05, 0.1) is 56.4 Å². The van der Waals surface area contributed by atoms with Crippen molar-refractivity contribution >= 4 is 109 Å². The van der Waals surface area contributed by atoms with E-state index < -0.39 is 30.0 Å². The van der Waals surface area contributed by atoms with Gasteiger partial charge in [-0.05, 0) is 55.9 Å². The molecule has 2 radical (unpaired) electrons. The van der Waals surface area contributed by atoms with Crippen molar-refractivity contribution < 1.29 is 62.9 Å². The van der Waals surface area contributed by atoms with Crippen LogP contribution in [0.4, 0.5) is 0 Å². The third kappa shape index (κ3) is 9.12. The van der Waals surface area contributed by atoms with Crippen LogP contribution < -0.4 is 19.9 Å². The van der Waals surface area contributed by atoms with E-state index in [1.165, 1.54) is 30.3 Å². The standard InChI is InChI=1S/2C32H16N8O3S.2Cu/c41-44(42,43)23-15-7-14-22-24(23)32-39-30-21-13-6-5-12-20(21)28(37-30)35-26-17-9-2-1-8-16(17)25(33-26)34-27-18-10-3-4-11-19(18)29(36-27)38-31(22)40-32;41-44(42,43)16-13-14-23-24(15-16)32-39-30-22-12-6-5-11-21(22)28(37-30)35-26-18-8-2-1-7-17(18)25(33-26)34-27-19-9-3-4-10-20(19)29(36-27)38-31(23)40-32;;/h2*1-15H,(H-2,33,34,35,36,37,38,39,40,41,42,43);;/q2*-2;2*+2. The molecule has 90 heavy (non-hydrogen) atoms. The Kier molecular flexibility index (Phi) is 13.0. The van der Waals surface area contributed by atoms with E-state index in [0.717, 1.165) is 43.8 Å². The van der Waals surface area contributed by atoms with E-state index in [1.807, 2.05) is 146 Å². The van der Waals surface area contributed by atoms with Crippen LogP contribution in [-0.4, -0.2) is 85.7 Å². The van der Waals surface area contributed by atoms with Crippen LogP contribution in [0.1, 0.15) is 2.85 Å². The van der Waals surface area contributed by atoms with E-state index in [9.17, 15) is 25.9 Å². The largest absolute Gasteiger partial charge is 2.00 e. The maximum absolute atomic E-state index is 12.4. The summed E-state index contributed by atoms with van der Waals surface area (Å²) < 4.78 is 73.0. The summed E-state index contributed by atoms with van der Waals surface area (Å²) in [6.07, 6.45) is 0. The maximum atomic E-state index is 12.4. The summed E-state index contributed by atoms with van der Waals surface area (Å²) in [5, 5.41) is 4.46. The maximum Gasteiger partial charge on any atom is 2.00 e. The minimum absolute atomic E-state index is 0. The van der Waals surface area contributed by atoms with Gasteiger partial charge in [-0.25, -0.2) is 36.8 Å². The minimum Gasteiger partial charge on any atom is -0.744 e. The minimum atomic E-state index is -4.89. The number of hydrogen-bond donors (Lipinski definition) is 0. The van der Waals surface area contributed by atoms with E-state index in [0.29, 0.717) is 102 Å². The number of rotatable bonds is 2. The van der Waals surface area contributed by atoms with Crippen molar-refractivity contribution in [2.75, 3.05) is 0 Å². The molecule has 8 aromatic carbocycles.